The summed E-state index contributed by atoms with van der Waals surface area (Å²) in [7, 11) is -4.32. The maximum Gasteiger partial charge on any atom is 0.243 e. The van der Waals surface area contributed by atoms with Crippen LogP contribution in [0.3, 0.4) is 0 Å². The molecule has 0 amide bonds. The fourth-order valence-corrected chi connectivity index (χ4v) is 5.31. The zero-order chi connectivity index (χ0) is 23.9. The number of aryl methyl sites for hydroxylation is 1. The number of pyridine rings is 1. The van der Waals surface area contributed by atoms with Gasteiger partial charge in [-0.2, -0.15) is 9.57 Å². The van der Waals surface area contributed by atoms with Crippen LogP contribution >= 0.6 is 0 Å². The molecule has 1 aromatic heterocycles. The van der Waals surface area contributed by atoms with E-state index in [0.717, 1.165) is 4.31 Å². The molecule has 33 heavy (non-hydrogen) atoms. The molecule has 0 N–H and O–H groups in total. The lowest BCUT2D eigenvalue weighted by Crippen LogP contribution is -2.29. The van der Waals surface area contributed by atoms with Gasteiger partial charge in [0.15, 0.2) is 5.82 Å². The van der Waals surface area contributed by atoms with Crippen molar-refractivity contribution < 1.29 is 26.0 Å². The van der Waals surface area contributed by atoms with Gasteiger partial charge in [-0.3, -0.25) is 0 Å². The van der Waals surface area contributed by atoms with E-state index in [1.54, 1.807) is 12.1 Å². The Labute approximate surface area is 187 Å². The van der Waals surface area contributed by atoms with Crippen molar-refractivity contribution in [2.24, 2.45) is 0 Å². The van der Waals surface area contributed by atoms with Gasteiger partial charge in [0.25, 0.3) is 0 Å². The fourth-order valence-electron chi connectivity index (χ4n) is 3.81. The smallest absolute Gasteiger partial charge is 0.243 e. The second-order valence-corrected chi connectivity index (χ2v) is 9.59. The summed E-state index contributed by atoms with van der Waals surface area (Å²) in [5.41, 5.74) is -0.491. The first kappa shape index (κ1) is 22.9. The Hall–Kier alpha value is -3.29. The normalized spacial score (nSPS) is 17.2. The van der Waals surface area contributed by atoms with Crippen LogP contribution in [-0.4, -0.2) is 37.0 Å². The highest BCUT2D eigenvalue weighted by molar-refractivity contribution is 7.89. The van der Waals surface area contributed by atoms with Gasteiger partial charge < -0.3 is 0 Å². The lowest BCUT2D eigenvalue weighted by atomic mass is 10.0. The standard InChI is InChI=1S/C23H17F4N3O2S/c1-13-17-5-4-14(3-2-7-28)9-20(17)29-23(22(13)27)21-18(25)10-16(11-19(21)26)33(31,32)30-8-6-15(24)12-30/h2-5,9-11,15H,6,8,12H2,1H3/b3-2+/t15-/m0/s1. The highest BCUT2D eigenvalue weighted by Gasteiger charge is 2.34. The summed E-state index contributed by atoms with van der Waals surface area (Å²) < 4.78 is 84.7. The first-order valence-electron chi connectivity index (χ1n) is 9.93. The second kappa shape index (κ2) is 8.57. The summed E-state index contributed by atoms with van der Waals surface area (Å²) in [5.74, 6) is -3.57. The molecule has 170 valence electrons. The minimum absolute atomic E-state index is 0.000675. The molecule has 3 aromatic rings. The molecule has 0 unspecified atom stereocenters. The van der Waals surface area contributed by atoms with Crippen molar-refractivity contribution in [2.45, 2.75) is 24.4 Å². The van der Waals surface area contributed by atoms with Crippen molar-refractivity contribution in [1.82, 2.24) is 9.29 Å². The quantitative estimate of drug-likeness (QED) is 0.398. The van der Waals surface area contributed by atoms with Crippen molar-refractivity contribution in [3.8, 4) is 17.3 Å². The summed E-state index contributed by atoms with van der Waals surface area (Å²) in [6.07, 6.45) is 1.39. The highest BCUT2D eigenvalue weighted by Crippen LogP contribution is 2.34. The Morgan fingerprint density at radius 3 is 2.48 bits per heavy atom. The molecule has 0 saturated carbocycles. The average molecular weight is 475 g/mol. The van der Waals surface area contributed by atoms with Crippen molar-refractivity contribution in [2.75, 3.05) is 13.1 Å². The van der Waals surface area contributed by atoms with Crippen molar-refractivity contribution >= 4 is 27.0 Å². The number of alkyl halides is 1. The van der Waals surface area contributed by atoms with Crippen LogP contribution in [0.15, 0.2) is 41.3 Å². The Morgan fingerprint density at radius 2 is 1.88 bits per heavy atom. The molecular weight excluding hydrogens is 458 g/mol. The Balaban J connectivity index is 1.85. The van der Waals surface area contributed by atoms with Crippen molar-refractivity contribution in [3.63, 3.8) is 0 Å². The topological polar surface area (TPSA) is 74.1 Å². The number of aromatic nitrogens is 1. The van der Waals surface area contributed by atoms with Gasteiger partial charge in [0, 0.05) is 24.6 Å². The fraction of sp³-hybridized carbons (Fsp3) is 0.217. The van der Waals surface area contributed by atoms with E-state index in [0.29, 0.717) is 23.1 Å². The summed E-state index contributed by atoms with van der Waals surface area (Å²) in [6, 6.07) is 7.78. The summed E-state index contributed by atoms with van der Waals surface area (Å²) >= 11 is 0. The number of sulfonamides is 1. The van der Waals surface area contributed by atoms with Crippen LogP contribution in [-0.2, 0) is 10.0 Å². The number of hydrogen-bond donors (Lipinski definition) is 0. The minimum Gasteiger partial charge on any atom is -0.246 e. The molecule has 0 aliphatic carbocycles. The van der Waals surface area contributed by atoms with Gasteiger partial charge in [0.1, 0.15) is 23.5 Å². The number of rotatable bonds is 4. The zero-order valence-corrected chi connectivity index (χ0v) is 18.1. The number of fused-ring (bicyclic) bond motifs is 1. The summed E-state index contributed by atoms with van der Waals surface area (Å²) in [6.45, 7) is 0.941. The summed E-state index contributed by atoms with van der Waals surface area (Å²) in [4.78, 5) is 3.41. The largest absolute Gasteiger partial charge is 0.246 e. The van der Waals surface area contributed by atoms with E-state index in [4.69, 9.17) is 5.26 Å². The van der Waals surface area contributed by atoms with Gasteiger partial charge in [-0.1, -0.05) is 12.1 Å². The van der Waals surface area contributed by atoms with Gasteiger partial charge in [-0.05, 0) is 48.7 Å². The number of nitrogens with zero attached hydrogens (tertiary/aromatic N) is 3. The molecular formula is C23H17F4N3O2S. The van der Waals surface area contributed by atoms with Crippen LogP contribution in [0.4, 0.5) is 17.6 Å². The lowest BCUT2D eigenvalue weighted by molar-refractivity contribution is 0.343. The van der Waals surface area contributed by atoms with Crippen LogP contribution in [0.1, 0.15) is 17.5 Å². The third kappa shape index (κ3) is 4.10. The van der Waals surface area contributed by atoms with E-state index >= 15 is 4.39 Å². The molecule has 1 fully saturated rings. The van der Waals surface area contributed by atoms with Crippen molar-refractivity contribution in [3.05, 3.63) is 65.0 Å². The van der Waals surface area contributed by atoms with Crippen LogP contribution in [0.25, 0.3) is 28.2 Å². The van der Waals surface area contributed by atoms with E-state index in [1.165, 1.54) is 25.1 Å². The SMILES string of the molecule is Cc1c(F)c(-c2c(F)cc(S(=O)(=O)N3CC[C@H](F)C3)cc2F)nc2cc(/C=C/C#N)ccc12. The van der Waals surface area contributed by atoms with Gasteiger partial charge in [-0.15, -0.1) is 0 Å². The number of halogens is 4. The van der Waals surface area contributed by atoms with E-state index in [9.17, 15) is 21.6 Å². The van der Waals surface area contributed by atoms with Gasteiger partial charge in [0.05, 0.1) is 22.0 Å². The van der Waals surface area contributed by atoms with Crippen LogP contribution in [0, 0.1) is 35.7 Å². The molecule has 4 rings (SSSR count). The molecule has 1 aliphatic heterocycles. The number of benzene rings is 2. The molecule has 1 atom stereocenters. The molecule has 10 heteroatoms. The van der Waals surface area contributed by atoms with E-state index in [1.807, 2.05) is 6.07 Å². The number of nitriles is 1. The molecule has 0 bridgehead atoms. The van der Waals surface area contributed by atoms with Gasteiger partial charge in [-0.25, -0.2) is 31.0 Å². The molecule has 0 radical (unpaired) electrons. The van der Waals surface area contributed by atoms with Crippen LogP contribution in [0.5, 0.6) is 0 Å². The zero-order valence-electron chi connectivity index (χ0n) is 17.3. The second-order valence-electron chi connectivity index (χ2n) is 7.65. The molecule has 0 spiro atoms. The Morgan fingerprint density at radius 1 is 1.18 bits per heavy atom. The molecule has 2 heterocycles. The maximum absolute atomic E-state index is 15.1. The predicted octanol–water partition coefficient (Wildman–Crippen LogP) is 4.90. The maximum atomic E-state index is 15.1. The monoisotopic (exact) mass is 475 g/mol. The lowest BCUT2D eigenvalue weighted by Gasteiger charge is -2.17. The van der Waals surface area contributed by atoms with E-state index < -0.39 is 56.3 Å². The Kier molecular flexibility index (Phi) is 5.95. The molecule has 1 saturated heterocycles. The third-order valence-electron chi connectivity index (χ3n) is 5.53. The van der Waals surface area contributed by atoms with Gasteiger partial charge >= 0.3 is 0 Å². The molecule has 2 aromatic carbocycles. The number of hydrogen-bond acceptors (Lipinski definition) is 4. The first-order chi connectivity index (χ1) is 15.6. The first-order valence-corrected chi connectivity index (χ1v) is 11.4. The minimum atomic E-state index is -4.32. The van der Waals surface area contributed by atoms with Gasteiger partial charge in [0.2, 0.25) is 10.0 Å². The average Bonchev–Trinajstić information content (AvgIpc) is 3.22. The van der Waals surface area contributed by atoms with E-state index in [-0.39, 0.29) is 24.0 Å². The van der Waals surface area contributed by atoms with Crippen LogP contribution in [0.2, 0.25) is 0 Å². The molecule has 1 aliphatic rings. The molecule has 5 nitrogen and oxygen atoms in total. The Bertz CT molecular complexity index is 1430. The summed E-state index contributed by atoms with van der Waals surface area (Å²) in [5, 5.41) is 9.10. The third-order valence-corrected chi connectivity index (χ3v) is 7.37. The van der Waals surface area contributed by atoms with Crippen molar-refractivity contribution in [1.29, 1.82) is 5.26 Å². The van der Waals surface area contributed by atoms with E-state index in [2.05, 4.69) is 4.98 Å². The van der Waals surface area contributed by atoms with Crippen LogP contribution < -0.4 is 0 Å². The highest BCUT2D eigenvalue weighted by atomic mass is 32.2. The number of allylic oxidation sites excluding steroid dienone is 1. The predicted molar refractivity (Wildman–Crippen MR) is 115 cm³/mol.